The van der Waals surface area contributed by atoms with Crippen LogP contribution in [-0.4, -0.2) is 46.9 Å². The third-order valence-corrected chi connectivity index (χ3v) is 5.65. The molecular weight excluding hydrogens is 434 g/mol. The van der Waals surface area contributed by atoms with Gasteiger partial charge in [-0.3, -0.25) is 4.79 Å². The summed E-state index contributed by atoms with van der Waals surface area (Å²) in [5, 5.41) is 7.27. The van der Waals surface area contributed by atoms with E-state index in [9.17, 15) is 9.59 Å². The zero-order chi connectivity index (χ0) is 24.2. The first-order valence-corrected chi connectivity index (χ1v) is 11.0. The monoisotopic (exact) mass is 461 g/mol. The Bertz CT molecular complexity index is 1230. The molecule has 1 amide bonds. The summed E-state index contributed by atoms with van der Waals surface area (Å²) in [5.74, 6) is 0.373. The summed E-state index contributed by atoms with van der Waals surface area (Å²) in [5.41, 5.74) is 3.59. The predicted molar refractivity (Wildman–Crippen MR) is 128 cm³/mol. The third kappa shape index (κ3) is 4.50. The molecule has 4 rings (SSSR count). The molecule has 9 heteroatoms. The number of methoxy groups -OCH3 is 1. The van der Waals surface area contributed by atoms with Crippen molar-refractivity contribution in [3.05, 3.63) is 77.3 Å². The second kappa shape index (κ2) is 9.78. The minimum Gasteiger partial charge on any atom is -0.497 e. The van der Waals surface area contributed by atoms with Gasteiger partial charge in [0, 0.05) is 17.5 Å². The number of fused-ring (bicyclic) bond motifs is 1. The summed E-state index contributed by atoms with van der Waals surface area (Å²) in [7, 11) is 1.57. The number of carbonyl (C=O) groups excluding carboxylic acids is 2. The van der Waals surface area contributed by atoms with Crippen LogP contribution in [0.3, 0.4) is 0 Å². The molecule has 0 saturated carbocycles. The Morgan fingerprint density at radius 3 is 2.59 bits per heavy atom. The molecule has 0 saturated heterocycles. The Morgan fingerprint density at radius 1 is 1.12 bits per heavy atom. The van der Waals surface area contributed by atoms with Gasteiger partial charge >= 0.3 is 5.97 Å². The van der Waals surface area contributed by atoms with Crippen LogP contribution in [0.15, 0.2) is 66.1 Å². The maximum atomic E-state index is 13.1. The maximum absolute atomic E-state index is 13.1. The van der Waals surface area contributed by atoms with Crippen molar-refractivity contribution in [3.63, 3.8) is 0 Å². The van der Waals surface area contributed by atoms with Crippen LogP contribution in [0.25, 0.3) is 0 Å². The van der Waals surface area contributed by atoms with Gasteiger partial charge in [-0.1, -0.05) is 35.9 Å². The molecule has 1 N–H and O–H groups in total. The van der Waals surface area contributed by atoms with Crippen molar-refractivity contribution in [1.82, 2.24) is 14.8 Å². The van der Waals surface area contributed by atoms with Gasteiger partial charge in [0.15, 0.2) is 0 Å². The number of rotatable bonds is 7. The van der Waals surface area contributed by atoms with E-state index in [4.69, 9.17) is 9.47 Å². The van der Waals surface area contributed by atoms with Crippen LogP contribution in [0.1, 0.15) is 31.0 Å². The number of nitrogens with one attached hydrogen (secondary N) is 1. The first kappa shape index (κ1) is 23.0. The molecule has 0 bridgehead atoms. The summed E-state index contributed by atoms with van der Waals surface area (Å²) in [6, 6.07) is 14.5. The number of esters is 1. The number of anilines is 2. The van der Waals surface area contributed by atoms with E-state index in [0.717, 1.165) is 11.1 Å². The molecule has 0 radical (unpaired) electrons. The number of hydrogen-bond acceptors (Lipinski definition) is 7. The number of carbonyl (C=O) groups is 2. The number of amides is 1. The average molecular weight is 462 g/mol. The molecule has 34 heavy (non-hydrogen) atoms. The first-order valence-electron chi connectivity index (χ1n) is 11.0. The van der Waals surface area contributed by atoms with E-state index in [1.165, 1.54) is 6.33 Å². The van der Waals surface area contributed by atoms with Gasteiger partial charge in [-0.05, 0) is 38.5 Å². The largest absolute Gasteiger partial charge is 0.497 e. The summed E-state index contributed by atoms with van der Waals surface area (Å²) >= 11 is 0. The smallest absolute Gasteiger partial charge is 0.338 e. The van der Waals surface area contributed by atoms with E-state index < -0.39 is 12.0 Å². The molecule has 0 spiro atoms. The zero-order valence-electron chi connectivity index (χ0n) is 19.6. The van der Waals surface area contributed by atoms with Gasteiger partial charge in [0.1, 0.15) is 24.7 Å². The molecule has 0 aliphatic carbocycles. The predicted octanol–water partition coefficient (Wildman–Crippen LogP) is 3.48. The maximum Gasteiger partial charge on any atom is 0.338 e. The highest BCUT2D eigenvalue weighted by atomic mass is 16.5. The summed E-state index contributed by atoms with van der Waals surface area (Å²) in [6.45, 7) is 5.73. The molecular formula is C25H27N5O4. The van der Waals surface area contributed by atoms with Gasteiger partial charge in [0.2, 0.25) is 11.9 Å². The molecule has 176 valence electrons. The highest BCUT2D eigenvalue weighted by molar-refractivity contribution is 5.96. The summed E-state index contributed by atoms with van der Waals surface area (Å²) in [4.78, 5) is 32.1. The average Bonchev–Trinajstić information content (AvgIpc) is 3.31. The number of nitrogens with zero attached hydrogens (tertiary/aromatic N) is 4. The van der Waals surface area contributed by atoms with Crippen molar-refractivity contribution in [2.75, 3.05) is 30.5 Å². The molecule has 1 atom stereocenters. The summed E-state index contributed by atoms with van der Waals surface area (Å²) < 4.78 is 12.3. The van der Waals surface area contributed by atoms with Crippen molar-refractivity contribution in [2.45, 2.75) is 26.8 Å². The Morgan fingerprint density at radius 2 is 1.88 bits per heavy atom. The second-order valence-corrected chi connectivity index (χ2v) is 7.90. The van der Waals surface area contributed by atoms with E-state index >= 15 is 0 Å². The molecule has 0 fully saturated rings. The van der Waals surface area contributed by atoms with Crippen molar-refractivity contribution in [2.24, 2.45) is 0 Å². The fourth-order valence-corrected chi connectivity index (χ4v) is 3.99. The molecule has 2 heterocycles. The van der Waals surface area contributed by atoms with Crippen LogP contribution in [0, 0.1) is 6.92 Å². The SMILES string of the molecule is CCOC(=O)C1=C(C)N(CC(=O)Nc2cccc(OC)c2)c2ncnn2C1c1ccc(C)cc1. The first-order chi connectivity index (χ1) is 16.4. The van der Waals surface area contributed by atoms with E-state index in [0.29, 0.717) is 28.7 Å². The fraction of sp³-hybridized carbons (Fsp3) is 0.280. The van der Waals surface area contributed by atoms with Crippen LogP contribution in [0.5, 0.6) is 5.75 Å². The number of aryl methyl sites for hydroxylation is 1. The quantitative estimate of drug-likeness (QED) is 0.538. The van der Waals surface area contributed by atoms with E-state index in [1.54, 1.807) is 54.8 Å². The molecule has 1 aromatic heterocycles. The Balaban J connectivity index is 1.71. The molecule has 9 nitrogen and oxygen atoms in total. The minimum atomic E-state index is -0.519. The van der Waals surface area contributed by atoms with Gasteiger partial charge in [-0.2, -0.15) is 10.1 Å². The lowest BCUT2D eigenvalue weighted by atomic mass is 9.94. The number of ether oxygens (including phenoxy) is 2. The van der Waals surface area contributed by atoms with Crippen molar-refractivity contribution < 1.29 is 19.1 Å². The lowest BCUT2D eigenvalue weighted by Gasteiger charge is -2.35. The highest BCUT2D eigenvalue weighted by Crippen LogP contribution is 2.38. The Kier molecular flexibility index (Phi) is 6.62. The van der Waals surface area contributed by atoms with Gasteiger partial charge in [-0.25, -0.2) is 9.48 Å². The van der Waals surface area contributed by atoms with Crippen LogP contribution in [0.2, 0.25) is 0 Å². The topological polar surface area (TPSA) is 98.6 Å². The van der Waals surface area contributed by atoms with E-state index in [2.05, 4.69) is 15.4 Å². The van der Waals surface area contributed by atoms with E-state index in [-0.39, 0.29) is 19.1 Å². The summed E-state index contributed by atoms with van der Waals surface area (Å²) in [6.07, 6.45) is 1.42. The second-order valence-electron chi connectivity index (χ2n) is 7.90. The minimum absolute atomic E-state index is 0.0642. The molecule has 1 aliphatic rings. The van der Waals surface area contributed by atoms with Crippen molar-refractivity contribution in [1.29, 1.82) is 0 Å². The van der Waals surface area contributed by atoms with Crippen LogP contribution < -0.4 is 15.0 Å². The molecule has 3 aromatic rings. The van der Waals surface area contributed by atoms with Gasteiger partial charge in [-0.15, -0.1) is 0 Å². The van der Waals surface area contributed by atoms with E-state index in [1.807, 2.05) is 31.2 Å². The molecule has 2 aromatic carbocycles. The van der Waals surface area contributed by atoms with Crippen LogP contribution >= 0.6 is 0 Å². The standard InChI is InChI=1S/C25H27N5O4/c1-5-34-24(32)22-17(3)29(14-21(31)28-19-7-6-8-20(13-19)33-4)25-26-15-27-30(25)23(22)18-11-9-16(2)10-12-18/h6-13,15,23H,5,14H2,1-4H3,(H,28,31). The number of benzene rings is 2. The van der Waals surface area contributed by atoms with Crippen molar-refractivity contribution >= 4 is 23.5 Å². The van der Waals surface area contributed by atoms with Gasteiger partial charge in [0.05, 0.1) is 19.3 Å². The lowest BCUT2D eigenvalue weighted by molar-refractivity contribution is -0.139. The van der Waals surface area contributed by atoms with Gasteiger partial charge in [0.25, 0.3) is 0 Å². The normalized spacial score (nSPS) is 15.1. The van der Waals surface area contributed by atoms with Crippen molar-refractivity contribution in [3.8, 4) is 5.75 Å². The Hall–Kier alpha value is -4.14. The third-order valence-electron chi connectivity index (χ3n) is 5.65. The highest BCUT2D eigenvalue weighted by Gasteiger charge is 2.38. The van der Waals surface area contributed by atoms with Crippen LogP contribution in [0.4, 0.5) is 11.6 Å². The molecule has 1 aliphatic heterocycles. The van der Waals surface area contributed by atoms with Crippen LogP contribution in [-0.2, 0) is 14.3 Å². The number of hydrogen-bond donors (Lipinski definition) is 1. The molecule has 1 unspecified atom stereocenters. The number of aromatic nitrogens is 3. The lowest BCUT2D eigenvalue weighted by Crippen LogP contribution is -2.40. The Labute approximate surface area is 198 Å². The zero-order valence-corrected chi connectivity index (χ0v) is 19.6. The number of allylic oxidation sites excluding steroid dienone is 1. The fourth-order valence-electron chi connectivity index (χ4n) is 3.99. The van der Waals surface area contributed by atoms with Gasteiger partial charge < -0.3 is 19.7 Å².